The van der Waals surface area contributed by atoms with Crippen LogP contribution in [-0.2, 0) is 17.2 Å². The second-order valence-corrected chi connectivity index (χ2v) is 2.81. The zero-order chi connectivity index (χ0) is 8.81. The molecule has 1 rings (SSSR count). The Balaban J connectivity index is 2.68. The molecule has 0 heterocycles. The van der Waals surface area contributed by atoms with Crippen LogP contribution in [0.1, 0.15) is 18.1 Å². The number of rotatable bonds is 4. The van der Waals surface area contributed by atoms with Crippen molar-refractivity contribution < 1.29 is 4.74 Å². The molecule has 66 valence electrons. The summed E-state index contributed by atoms with van der Waals surface area (Å²) < 4.78 is 5.30. The molecule has 0 atom stereocenters. The van der Waals surface area contributed by atoms with Crippen LogP contribution in [0.3, 0.4) is 0 Å². The van der Waals surface area contributed by atoms with Crippen molar-refractivity contribution >= 4 is 11.6 Å². The highest BCUT2D eigenvalue weighted by atomic mass is 35.5. The summed E-state index contributed by atoms with van der Waals surface area (Å²) in [7, 11) is 0. The van der Waals surface area contributed by atoms with E-state index in [1.54, 1.807) is 0 Å². The summed E-state index contributed by atoms with van der Waals surface area (Å²) in [6.45, 7) is 3.40. The summed E-state index contributed by atoms with van der Waals surface area (Å²) in [4.78, 5) is 0. The monoisotopic (exact) mass is 184 g/mol. The molecular formula is C10H13ClO. The quantitative estimate of drug-likeness (QED) is 0.654. The fourth-order valence-electron chi connectivity index (χ4n) is 1.04. The molecule has 0 bridgehead atoms. The van der Waals surface area contributed by atoms with E-state index in [1.165, 1.54) is 5.56 Å². The Hall–Kier alpha value is -0.530. The molecule has 0 saturated heterocycles. The van der Waals surface area contributed by atoms with Gasteiger partial charge < -0.3 is 4.74 Å². The van der Waals surface area contributed by atoms with Gasteiger partial charge in [0.25, 0.3) is 0 Å². The van der Waals surface area contributed by atoms with Gasteiger partial charge in [-0.3, -0.25) is 0 Å². The lowest BCUT2D eigenvalue weighted by Crippen LogP contribution is -1.95. The summed E-state index contributed by atoms with van der Waals surface area (Å²) >= 11 is 5.76. The van der Waals surface area contributed by atoms with Crippen LogP contribution in [0.2, 0.25) is 0 Å². The molecule has 0 aliphatic rings. The van der Waals surface area contributed by atoms with Gasteiger partial charge in [-0.25, -0.2) is 0 Å². The van der Waals surface area contributed by atoms with E-state index in [0.29, 0.717) is 12.5 Å². The normalized spacial score (nSPS) is 10.2. The molecule has 0 unspecified atom stereocenters. The molecule has 0 radical (unpaired) electrons. The lowest BCUT2D eigenvalue weighted by atomic mass is 10.1. The minimum atomic E-state index is 0.559. The van der Waals surface area contributed by atoms with Crippen LogP contribution in [0, 0.1) is 0 Å². The average molecular weight is 185 g/mol. The molecular weight excluding hydrogens is 172 g/mol. The fraction of sp³-hybridized carbons (Fsp3) is 0.400. The molecule has 1 aromatic rings. The van der Waals surface area contributed by atoms with Gasteiger partial charge >= 0.3 is 0 Å². The van der Waals surface area contributed by atoms with Crippen molar-refractivity contribution in [2.75, 3.05) is 6.61 Å². The predicted octanol–water partition coefficient (Wildman–Crippen LogP) is 2.96. The van der Waals surface area contributed by atoms with Gasteiger partial charge in [-0.1, -0.05) is 24.3 Å². The third-order valence-electron chi connectivity index (χ3n) is 1.72. The molecule has 0 aromatic heterocycles. The van der Waals surface area contributed by atoms with Gasteiger partial charge in [0.2, 0.25) is 0 Å². The zero-order valence-electron chi connectivity index (χ0n) is 7.22. The van der Waals surface area contributed by atoms with Crippen LogP contribution in [0.5, 0.6) is 0 Å². The van der Waals surface area contributed by atoms with Gasteiger partial charge in [0.1, 0.15) is 0 Å². The summed E-state index contributed by atoms with van der Waals surface area (Å²) in [6.07, 6.45) is 0. The maximum Gasteiger partial charge on any atom is 0.0719 e. The summed E-state index contributed by atoms with van der Waals surface area (Å²) in [5.41, 5.74) is 2.35. The van der Waals surface area contributed by atoms with E-state index in [4.69, 9.17) is 16.3 Å². The number of halogens is 1. The van der Waals surface area contributed by atoms with E-state index >= 15 is 0 Å². The second-order valence-electron chi connectivity index (χ2n) is 2.54. The molecule has 1 nitrogen and oxygen atoms in total. The van der Waals surface area contributed by atoms with E-state index in [9.17, 15) is 0 Å². The Morgan fingerprint density at radius 2 is 1.92 bits per heavy atom. The third-order valence-corrected chi connectivity index (χ3v) is 2.01. The number of benzene rings is 1. The highest BCUT2D eigenvalue weighted by molar-refractivity contribution is 6.17. The van der Waals surface area contributed by atoms with E-state index < -0.39 is 0 Å². The van der Waals surface area contributed by atoms with Crippen molar-refractivity contribution in [2.45, 2.75) is 19.4 Å². The van der Waals surface area contributed by atoms with Gasteiger partial charge in [-0.05, 0) is 18.1 Å². The first kappa shape index (κ1) is 9.56. The summed E-state index contributed by atoms with van der Waals surface area (Å²) in [6, 6.07) is 8.08. The highest BCUT2D eigenvalue weighted by Gasteiger charge is 1.98. The number of ether oxygens (including phenoxy) is 1. The van der Waals surface area contributed by atoms with Crippen LogP contribution in [0.25, 0.3) is 0 Å². The van der Waals surface area contributed by atoms with Crippen molar-refractivity contribution in [1.29, 1.82) is 0 Å². The molecule has 1 aromatic carbocycles. The molecule has 0 N–H and O–H groups in total. The molecule has 0 aliphatic heterocycles. The molecule has 2 heteroatoms. The smallest absolute Gasteiger partial charge is 0.0719 e. The summed E-state index contributed by atoms with van der Waals surface area (Å²) in [5, 5.41) is 0. The first-order chi connectivity index (χ1) is 5.88. The largest absolute Gasteiger partial charge is 0.377 e. The fourth-order valence-corrected chi connectivity index (χ4v) is 1.30. The Morgan fingerprint density at radius 1 is 1.25 bits per heavy atom. The van der Waals surface area contributed by atoms with Crippen molar-refractivity contribution in [3.8, 4) is 0 Å². The van der Waals surface area contributed by atoms with Crippen molar-refractivity contribution in [2.24, 2.45) is 0 Å². The standard InChI is InChI=1S/C10H13ClO/c1-2-12-8-10-6-4-3-5-9(10)7-11/h3-6H,2,7-8H2,1H3. The average Bonchev–Trinajstić information content (AvgIpc) is 2.15. The topological polar surface area (TPSA) is 9.23 Å². The predicted molar refractivity (Wildman–Crippen MR) is 51.3 cm³/mol. The maximum atomic E-state index is 5.76. The zero-order valence-corrected chi connectivity index (χ0v) is 7.97. The van der Waals surface area contributed by atoms with Gasteiger partial charge in [-0.2, -0.15) is 0 Å². The first-order valence-electron chi connectivity index (χ1n) is 4.09. The molecule has 0 amide bonds. The minimum absolute atomic E-state index is 0.559. The van der Waals surface area contributed by atoms with Crippen LogP contribution < -0.4 is 0 Å². The van der Waals surface area contributed by atoms with E-state index in [-0.39, 0.29) is 0 Å². The molecule has 0 fully saturated rings. The molecule has 0 aliphatic carbocycles. The minimum Gasteiger partial charge on any atom is -0.377 e. The van der Waals surface area contributed by atoms with Crippen LogP contribution >= 0.6 is 11.6 Å². The van der Waals surface area contributed by atoms with Crippen LogP contribution in [-0.4, -0.2) is 6.61 Å². The van der Waals surface area contributed by atoms with Gasteiger partial charge in [0, 0.05) is 12.5 Å². The van der Waals surface area contributed by atoms with Crippen molar-refractivity contribution in [3.63, 3.8) is 0 Å². The van der Waals surface area contributed by atoms with Gasteiger partial charge in [0.05, 0.1) is 6.61 Å². The van der Waals surface area contributed by atoms with E-state index in [1.807, 2.05) is 31.2 Å². The molecule has 0 spiro atoms. The Kier molecular flexibility index (Phi) is 4.12. The van der Waals surface area contributed by atoms with E-state index in [2.05, 4.69) is 0 Å². The van der Waals surface area contributed by atoms with Gasteiger partial charge in [0.15, 0.2) is 0 Å². The third kappa shape index (κ3) is 2.50. The lowest BCUT2D eigenvalue weighted by molar-refractivity contribution is 0.133. The first-order valence-corrected chi connectivity index (χ1v) is 4.62. The Morgan fingerprint density at radius 3 is 2.50 bits per heavy atom. The van der Waals surface area contributed by atoms with Crippen LogP contribution in [0.4, 0.5) is 0 Å². The maximum absolute atomic E-state index is 5.76. The SMILES string of the molecule is CCOCc1ccccc1CCl. The Bertz CT molecular complexity index is 235. The second kappa shape index (κ2) is 5.18. The van der Waals surface area contributed by atoms with E-state index in [0.717, 1.165) is 12.2 Å². The highest BCUT2D eigenvalue weighted by Crippen LogP contribution is 2.12. The van der Waals surface area contributed by atoms with Gasteiger partial charge in [-0.15, -0.1) is 11.6 Å². The molecule has 0 saturated carbocycles. The summed E-state index contributed by atoms with van der Waals surface area (Å²) in [5.74, 6) is 0.559. The number of hydrogen-bond acceptors (Lipinski definition) is 1. The van der Waals surface area contributed by atoms with Crippen molar-refractivity contribution in [3.05, 3.63) is 35.4 Å². The van der Waals surface area contributed by atoms with Crippen LogP contribution in [0.15, 0.2) is 24.3 Å². The van der Waals surface area contributed by atoms with Crippen molar-refractivity contribution in [1.82, 2.24) is 0 Å². The Labute approximate surface area is 78.3 Å². The molecule has 12 heavy (non-hydrogen) atoms. The number of alkyl halides is 1. The number of hydrogen-bond donors (Lipinski definition) is 0. The lowest BCUT2D eigenvalue weighted by Gasteiger charge is -2.05.